The molecule has 1 saturated heterocycles. The van der Waals surface area contributed by atoms with E-state index in [2.05, 4.69) is 11.4 Å². The maximum Gasteiger partial charge on any atom is 0.228 e. The number of benzene rings is 1. The van der Waals surface area contributed by atoms with Crippen LogP contribution in [-0.2, 0) is 21.2 Å². The van der Waals surface area contributed by atoms with E-state index in [1.54, 1.807) is 31.2 Å². The fourth-order valence-corrected chi connectivity index (χ4v) is 3.81. The van der Waals surface area contributed by atoms with Crippen LogP contribution in [0, 0.1) is 17.2 Å². The Morgan fingerprint density at radius 1 is 1.39 bits per heavy atom. The molecule has 7 heteroatoms. The molecule has 0 saturated carbocycles. The van der Waals surface area contributed by atoms with E-state index >= 15 is 0 Å². The minimum Gasteiger partial charge on any atom is -0.326 e. The van der Waals surface area contributed by atoms with Crippen molar-refractivity contribution in [2.45, 2.75) is 26.2 Å². The number of carbonyl (C=O) groups excluding carboxylic acids is 1. The van der Waals surface area contributed by atoms with Crippen molar-refractivity contribution >= 4 is 21.6 Å². The van der Waals surface area contributed by atoms with Crippen LogP contribution in [0.5, 0.6) is 0 Å². The Balaban J connectivity index is 1.99. The van der Waals surface area contributed by atoms with Gasteiger partial charge in [0.15, 0.2) is 0 Å². The highest BCUT2D eigenvalue weighted by atomic mass is 32.2. The minimum atomic E-state index is -3.25. The van der Waals surface area contributed by atoms with Crippen LogP contribution in [0.25, 0.3) is 0 Å². The molecule has 1 aliphatic heterocycles. The Bertz CT molecular complexity index is 692. The van der Waals surface area contributed by atoms with Gasteiger partial charge in [0.25, 0.3) is 0 Å². The number of nitrogens with one attached hydrogen (secondary N) is 1. The molecule has 0 aliphatic carbocycles. The predicted octanol–water partition coefficient (Wildman–Crippen LogP) is 1.75. The smallest absolute Gasteiger partial charge is 0.228 e. The highest BCUT2D eigenvalue weighted by Gasteiger charge is 2.31. The first kappa shape index (κ1) is 17.4. The summed E-state index contributed by atoms with van der Waals surface area (Å²) in [6.07, 6.45) is 1.72. The van der Waals surface area contributed by atoms with Crippen molar-refractivity contribution < 1.29 is 13.2 Å². The van der Waals surface area contributed by atoms with Crippen LogP contribution in [0.2, 0.25) is 0 Å². The Morgan fingerprint density at radius 3 is 2.70 bits per heavy atom. The second-order valence-corrected chi connectivity index (χ2v) is 7.88. The maximum absolute atomic E-state index is 12.4. The van der Waals surface area contributed by atoms with Crippen LogP contribution in [0.1, 0.15) is 25.3 Å². The molecule has 6 nitrogen and oxygen atoms in total. The summed E-state index contributed by atoms with van der Waals surface area (Å²) in [6.45, 7) is 2.35. The number of sulfonamides is 1. The molecule has 23 heavy (non-hydrogen) atoms. The van der Waals surface area contributed by atoms with Gasteiger partial charge in [-0.15, -0.1) is 0 Å². The average molecular weight is 335 g/mol. The normalized spacial score (nSPS) is 19.0. The monoisotopic (exact) mass is 335 g/mol. The van der Waals surface area contributed by atoms with Crippen molar-refractivity contribution in [2.24, 2.45) is 5.92 Å². The van der Waals surface area contributed by atoms with E-state index in [-0.39, 0.29) is 24.1 Å². The molecule has 0 bridgehead atoms. The molecule has 0 spiro atoms. The van der Waals surface area contributed by atoms with Crippen LogP contribution in [0.15, 0.2) is 24.3 Å². The zero-order chi connectivity index (χ0) is 16.9. The molecule has 1 aromatic rings. The maximum atomic E-state index is 12.4. The lowest BCUT2D eigenvalue weighted by molar-refractivity contribution is -0.120. The first-order valence-electron chi connectivity index (χ1n) is 7.71. The van der Waals surface area contributed by atoms with Gasteiger partial charge in [0.2, 0.25) is 15.9 Å². The third-order valence-electron chi connectivity index (χ3n) is 4.02. The summed E-state index contributed by atoms with van der Waals surface area (Å²) in [5.41, 5.74) is 1.55. The Kier molecular flexibility index (Phi) is 5.74. The highest BCUT2D eigenvalue weighted by Crippen LogP contribution is 2.21. The summed E-state index contributed by atoms with van der Waals surface area (Å²) in [6, 6.07) is 9.18. The van der Waals surface area contributed by atoms with Gasteiger partial charge in [-0.25, -0.2) is 12.7 Å². The number of nitriles is 1. The molecular weight excluding hydrogens is 314 g/mol. The Labute approximate surface area is 137 Å². The van der Waals surface area contributed by atoms with E-state index in [0.29, 0.717) is 31.5 Å². The number of amides is 1. The Hall–Kier alpha value is -1.91. The first-order chi connectivity index (χ1) is 11.0. The number of anilines is 1. The summed E-state index contributed by atoms with van der Waals surface area (Å²) in [5.74, 6) is -0.431. The lowest BCUT2D eigenvalue weighted by atomic mass is 9.98. The molecule has 0 aromatic heterocycles. The summed E-state index contributed by atoms with van der Waals surface area (Å²) in [4.78, 5) is 12.4. The molecule has 124 valence electrons. The predicted molar refractivity (Wildman–Crippen MR) is 88.1 cm³/mol. The largest absolute Gasteiger partial charge is 0.326 e. The molecule has 1 fully saturated rings. The van der Waals surface area contributed by atoms with E-state index < -0.39 is 10.0 Å². The van der Waals surface area contributed by atoms with E-state index in [1.807, 2.05) is 0 Å². The van der Waals surface area contributed by atoms with Crippen molar-refractivity contribution in [3.05, 3.63) is 29.8 Å². The van der Waals surface area contributed by atoms with Crippen LogP contribution < -0.4 is 5.32 Å². The van der Waals surface area contributed by atoms with Crippen LogP contribution in [-0.4, -0.2) is 37.5 Å². The quantitative estimate of drug-likeness (QED) is 0.887. The third-order valence-corrected chi connectivity index (χ3v) is 5.87. The van der Waals surface area contributed by atoms with E-state index in [0.717, 1.165) is 5.56 Å². The lowest BCUT2D eigenvalue weighted by Crippen LogP contribution is -2.44. The van der Waals surface area contributed by atoms with Crippen molar-refractivity contribution in [3.63, 3.8) is 0 Å². The molecule has 0 unspecified atom stereocenters. The van der Waals surface area contributed by atoms with Gasteiger partial charge in [-0.05, 0) is 37.5 Å². The SMILES string of the molecule is CCS(=O)(=O)N1CCC[C@@H](C(=O)Nc2ccc(CC#N)cc2)C1. The van der Waals surface area contributed by atoms with Crippen molar-refractivity contribution in [2.75, 3.05) is 24.2 Å². The van der Waals surface area contributed by atoms with Crippen molar-refractivity contribution in [1.29, 1.82) is 5.26 Å². The summed E-state index contributed by atoms with van der Waals surface area (Å²) in [5, 5.41) is 11.5. The van der Waals surface area contributed by atoms with Gasteiger partial charge in [0.1, 0.15) is 0 Å². The number of piperidine rings is 1. The third kappa shape index (κ3) is 4.53. The molecule has 2 rings (SSSR count). The minimum absolute atomic E-state index is 0.0572. The standard InChI is InChI=1S/C16H21N3O3S/c1-2-23(21,22)19-11-3-4-14(12-19)16(20)18-15-7-5-13(6-8-15)9-10-17/h5-8,14H,2-4,9,11-12H2,1H3,(H,18,20)/t14-/m1/s1. The Morgan fingerprint density at radius 2 is 2.09 bits per heavy atom. The van der Waals surface area contributed by atoms with Gasteiger partial charge in [0.05, 0.1) is 24.2 Å². The zero-order valence-corrected chi connectivity index (χ0v) is 14.0. The number of hydrogen-bond acceptors (Lipinski definition) is 4. The summed E-state index contributed by atoms with van der Waals surface area (Å²) >= 11 is 0. The number of carbonyl (C=O) groups is 1. The molecule has 1 aliphatic rings. The molecule has 1 atom stereocenters. The molecule has 1 aromatic carbocycles. The van der Waals surface area contributed by atoms with Crippen molar-refractivity contribution in [3.8, 4) is 6.07 Å². The lowest BCUT2D eigenvalue weighted by Gasteiger charge is -2.30. The van der Waals surface area contributed by atoms with Gasteiger partial charge in [-0.2, -0.15) is 5.26 Å². The first-order valence-corrected chi connectivity index (χ1v) is 9.31. The van der Waals surface area contributed by atoms with Crippen LogP contribution in [0.4, 0.5) is 5.69 Å². The number of hydrogen-bond donors (Lipinski definition) is 1. The van der Waals surface area contributed by atoms with E-state index in [1.165, 1.54) is 4.31 Å². The number of nitrogens with zero attached hydrogens (tertiary/aromatic N) is 2. The highest BCUT2D eigenvalue weighted by molar-refractivity contribution is 7.89. The summed E-state index contributed by atoms with van der Waals surface area (Å²) in [7, 11) is -3.25. The summed E-state index contributed by atoms with van der Waals surface area (Å²) < 4.78 is 25.3. The van der Waals surface area contributed by atoms with Crippen LogP contribution >= 0.6 is 0 Å². The molecular formula is C16H21N3O3S. The van der Waals surface area contributed by atoms with Gasteiger partial charge in [-0.3, -0.25) is 4.79 Å². The van der Waals surface area contributed by atoms with Crippen molar-refractivity contribution in [1.82, 2.24) is 4.31 Å². The average Bonchev–Trinajstić information content (AvgIpc) is 2.57. The second kappa shape index (κ2) is 7.57. The molecule has 1 N–H and O–H groups in total. The van der Waals surface area contributed by atoms with Crippen LogP contribution in [0.3, 0.4) is 0 Å². The van der Waals surface area contributed by atoms with Gasteiger partial charge >= 0.3 is 0 Å². The zero-order valence-electron chi connectivity index (χ0n) is 13.2. The van der Waals surface area contributed by atoms with E-state index in [9.17, 15) is 13.2 Å². The molecule has 1 amide bonds. The fourth-order valence-electron chi connectivity index (χ4n) is 2.63. The van der Waals surface area contributed by atoms with Gasteiger partial charge < -0.3 is 5.32 Å². The van der Waals surface area contributed by atoms with E-state index in [4.69, 9.17) is 5.26 Å². The fraction of sp³-hybridized carbons (Fsp3) is 0.500. The van der Waals surface area contributed by atoms with Gasteiger partial charge in [-0.1, -0.05) is 12.1 Å². The topological polar surface area (TPSA) is 90.3 Å². The molecule has 1 heterocycles. The second-order valence-electron chi connectivity index (χ2n) is 5.62. The number of rotatable bonds is 5. The molecule has 0 radical (unpaired) electrons. The van der Waals surface area contributed by atoms with Gasteiger partial charge in [0, 0.05) is 18.8 Å².